The molecule has 2 rings (SSSR count). The van der Waals surface area contributed by atoms with Crippen molar-refractivity contribution in [1.82, 2.24) is 4.90 Å². The average molecular weight is 225 g/mol. The molecule has 4 nitrogen and oxygen atoms in total. The Morgan fingerprint density at radius 3 is 3.12 bits per heavy atom. The maximum absolute atomic E-state index is 12.1. The van der Waals surface area contributed by atoms with Crippen molar-refractivity contribution in [2.75, 3.05) is 26.3 Å². The van der Waals surface area contributed by atoms with Crippen molar-refractivity contribution in [2.45, 2.75) is 25.3 Å². The molecular weight excluding hydrogens is 206 g/mol. The van der Waals surface area contributed by atoms with Gasteiger partial charge >= 0.3 is 5.97 Å². The summed E-state index contributed by atoms with van der Waals surface area (Å²) in [4.78, 5) is 14.3. The average Bonchev–Trinajstić information content (AvgIpc) is 2.73. The third-order valence-corrected chi connectivity index (χ3v) is 3.77. The second-order valence-electron chi connectivity index (χ2n) is 4.66. The van der Waals surface area contributed by atoms with Gasteiger partial charge in [0.2, 0.25) is 0 Å². The van der Waals surface area contributed by atoms with E-state index >= 15 is 0 Å². The summed E-state index contributed by atoms with van der Waals surface area (Å²) in [6.45, 7) is 7.81. The van der Waals surface area contributed by atoms with E-state index < -0.39 is 5.54 Å². The van der Waals surface area contributed by atoms with Crippen molar-refractivity contribution in [3.8, 4) is 0 Å². The molecule has 2 aliphatic rings. The molecule has 0 aromatic carbocycles. The fourth-order valence-electron chi connectivity index (χ4n) is 3.06. The maximum Gasteiger partial charge on any atom is 0.327 e. The van der Waals surface area contributed by atoms with Gasteiger partial charge in [-0.2, -0.15) is 0 Å². The van der Waals surface area contributed by atoms with Gasteiger partial charge in [0, 0.05) is 25.6 Å². The highest BCUT2D eigenvalue weighted by molar-refractivity contribution is 5.83. The molecule has 2 unspecified atom stereocenters. The predicted molar refractivity (Wildman–Crippen MR) is 59.9 cm³/mol. The summed E-state index contributed by atoms with van der Waals surface area (Å²) in [6.07, 6.45) is 1.50. The Bertz CT molecular complexity index is 315. The van der Waals surface area contributed by atoms with Crippen LogP contribution in [0.3, 0.4) is 0 Å². The van der Waals surface area contributed by atoms with Gasteiger partial charge in [-0.25, -0.2) is 0 Å². The first kappa shape index (κ1) is 11.6. The number of fused-ring (bicyclic) bond motifs is 1. The lowest BCUT2D eigenvalue weighted by molar-refractivity contribution is -0.157. The Morgan fingerprint density at radius 1 is 1.75 bits per heavy atom. The highest BCUT2D eigenvalue weighted by Crippen LogP contribution is 2.45. The first-order chi connectivity index (χ1) is 7.65. The molecule has 1 N–H and O–H groups in total. The van der Waals surface area contributed by atoms with Crippen LogP contribution in [0.1, 0.15) is 19.8 Å². The van der Waals surface area contributed by atoms with Crippen LogP contribution in [0.5, 0.6) is 0 Å². The number of carbonyl (C=O) groups is 1. The molecule has 0 amide bonds. The number of esters is 1. The number of nitrogens with zero attached hydrogens (tertiary/aromatic N) is 1. The smallest absolute Gasteiger partial charge is 0.327 e. The Labute approximate surface area is 95.9 Å². The summed E-state index contributed by atoms with van der Waals surface area (Å²) in [6, 6.07) is 0. The largest absolute Gasteiger partial charge is 0.465 e. The van der Waals surface area contributed by atoms with Gasteiger partial charge in [0.05, 0.1) is 6.61 Å². The molecule has 2 aliphatic heterocycles. The van der Waals surface area contributed by atoms with Crippen molar-refractivity contribution in [2.24, 2.45) is 5.92 Å². The molecule has 0 saturated carbocycles. The normalized spacial score (nSPS) is 34.1. The van der Waals surface area contributed by atoms with Gasteiger partial charge in [-0.15, -0.1) is 0 Å². The molecule has 0 bridgehead atoms. The first-order valence-corrected chi connectivity index (χ1v) is 5.85. The predicted octanol–water partition coefficient (Wildman–Crippen LogP) is 0.562. The second kappa shape index (κ2) is 4.18. The minimum atomic E-state index is -0.623. The number of aliphatic hydroxyl groups is 1. The van der Waals surface area contributed by atoms with Crippen LogP contribution in [0.4, 0.5) is 0 Å². The van der Waals surface area contributed by atoms with Crippen LogP contribution in [0, 0.1) is 5.92 Å². The lowest BCUT2D eigenvalue weighted by Gasteiger charge is -2.33. The van der Waals surface area contributed by atoms with E-state index in [9.17, 15) is 9.90 Å². The van der Waals surface area contributed by atoms with Crippen molar-refractivity contribution < 1.29 is 14.6 Å². The summed E-state index contributed by atoms with van der Waals surface area (Å²) < 4.78 is 5.18. The van der Waals surface area contributed by atoms with E-state index in [-0.39, 0.29) is 18.5 Å². The second-order valence-corrected chi connectivity index (χ2v) is 4.66. The third kappa shape index (κ3) is 1.48. The number of hydrogen-bond acceptors (Lipinski definition) is 4. The molecule has 2 fully saturated rings. The monoisotopic (exact) mass is 225 g/mol. The van der Waals surface area contributed by atoms with Crippen molar-refractivity contribution in [1.29, 1.82) is 0 Å². The minimum Gasteiger partial charge on any atom is -0.465 e. The SMILES string of the molecule is C=C1CN2CCC(CO)C2(C(=O)OCC)C1. The van der Waals surface area contributed by atoms with Gasteiger partial charge in [-0.3, -0.25) is 9.69 Å². The van der Waals surface area contributed by atoms with E-state index in [4.69, 9.17) is 4.74 Å². The standard InChI is InChI=1S/C12H19NO3/c1-3-16-11(15)12-6-9(2)7-13(12)5-4-10(12)8-14/h10,14H,2-8H2,1H3. The van der Waals surface area contributed by atoms with Crippen LogP contribution in [0.25, 0.3) is 0 Å². The van der Waals surface area contributed by atoms with E-state index in [2.05, 4.69) is 11.5 Å². The Kier molecular flexibility index (Phi) is 3.04. The highest BCUT2D eigenvalue weighted by Gasteiger charge is 2.58. The van der Waals surface area contributed by atoms with Gasteiger partial charge < -0.3 is 9.84 Å². The summed E-state index contributed by atoms with van der Waals surface area (Å²) in [5.41, 5.74) is 0.438. The zero-order valence-electron chi connectivity index (χ0n) is 9.74. The zero-order valence-corrected chi connectivity index (χ0v) is 9.74. The van der Waals surface area contributed by atoms with E-state index in [1.807, 2.05) is 6.92 Å². The fraction of sp³-hybridized carbons (Fsp3) is 0.750. The van der Waals surface area contributed by atoms with E-state index in [0.29, 0.717) is 13.0 Å². The molecule has 0 aliphatic carbocycles. The summed E-state index contributed by atoms with van der Waals surface area (Å²) >= 11 is 0. The molecule has 4 heteroatoms. The van der Waals surface area contributed by atoms with Gasteiger partial charge in [0.15, 0.2) is 0 Å². The number of carbonyl (C=O) groups excluding carboxylic acids is 1. The van der Waals surface area contributed by atoms with Crippen LogP contribution in [0.15, 0.2) is 12.2 Å². The third-order valence-electron chi connectivity index (χ3n) is 3.77. The lowest BCUT2D eigenvalue weighted by Crippen LogP contribution is -2.52. The van der Waals surface area contributed by atoms with Gasteiger partial charge in [0.1, 0.15) is 5.54 Å². The molecular formula is C12H19NO3. The van der Waals surface area contributed by atoms with E-state index in [1.165, 1.54) is 0 Å². The summed E-state index contributed by atoms with van der Waals surface area (Å²) in [7, 11) is 0. The molecule has 90 valence electrons. The van der Waals surface area contributed by atoms with E-state index in [1.54, 1.807) is 0 Å². The molecule has 0 aromatic heterocycles. The van der Waals surface area contributed by atoms with Gasteiger partial charge in [-0.05, 0) is 19.8 Å². The Morgan fingerprint density at radius 2 is 2.50 bits per heavy atom. The number of aliphatic hydroxyl groups excluding tert-OH is 1. The summed E-state index contributed by atoms with van der Waals surface area (Å²) in [5.74, 6) is -0.198. The molecule has 16 heavy (non-hydrogen) atoms. The van der Waals surface area contributed by atoms with Crippen LogP contribution in [0.2, 0.25) is 0 Å². The maximum atomic E-state index is 12.1. The van der Waals surface area contributed by atoms with Crippen molar-refractivity contribution in [3.63, 3.8) is 0 Å². The van der Waals surface area contributed by atoms with Crippen LogP contribution in [-0.2, 0) is 9.53 Å². The van der Waals surface area contributed by atoms with Crippen LogP contribution < -0.4 is 0 Å². The highest BCUT2D eigenvalue weighted by atomic mass is 16.5. The van der Waals surface area contributed by atoms with Gasteiger partial charge in [0.25, 0.3) is 0 Å². The van der Waals surface area contributed by atoms with E-state index in [0.717, 1.165) is 25.1 Å². The lowest BCUT2D eigenvalue weighted by atomic mass is 9.83. The fourth-order valence-corrected chi connectivity index (χ4v) is 3.06. The number of ether oxygens (including phenoxy) is 1. The van der Waals surface area contributed by atoms with Crippen LogP contribution >= 0.6 is 0 Å². The molecule has 2 heterocycles. The Balaban J connectivity index is 2.29. The topological polar surface area (TPSA) is 49.8 Å². The number of rotatable bonds is 3. The Hall–Kier alpha value is -0.870. The summed E-state index contributed by atoms with van der Waals surface area (Å²) in [5, 5.41) is 9.42. The first-order valence-electron chi connectivity index (χ1n) is 5.85. The molecule has 0 aromatic rings. The number of hydrogen-bond donors (Lipinski definition) is 1. The zero-order chi connectivity index (χ0) is 11.8. The van der Waals surface area contributed by atoms with Crippen LogP contribution in [-0.4, -0.2) is 47.8 Å². The van der Waals surface area contributed by atoms with Crippen molar-refractivity contribution >= 4 is 5.97 Å². The van der Waals surface area contributed by atoms with Crippen molar-refractivity contribution in [3.05, 3.63) is 12.2 Å². The molecule has 0 spiro atoms. The molecule has 0 radical (unpaired) electrons. The molecule has 2 saturated heterocycles. The quantitative estimate of drug-likeness (QED) is 0.563. The molecule has 2 atom stereocenters. The minimum absolute atomic E-state index is 0.00852. The van der Waals surface area contributed by atoms with Gasteiger partial charge in [-0.1, -0.05) is 12.2 Å².